The molecule has 1 saturated heterocycles. The predicted octanol–water partition coefficient (Wildman–Crippen LogP) is 5.34. The van der Waals surface area contributed by atoms with Crippen LogP contribution in [0.2, 0.25) is 0 Å². The average Bonchev–Trinajstić information content (AvgIpc) is 3.26. The highest BCUT2D eigenvalue weighted by molar-refractivity contribution is 5.84. The number of hydrazone groups is 1. The summed E-state index contributed by atoms with van der Waals surface area (Å²) in [4.78, 5) is 17.5. The first-order valence-corrected chi connectivity index (χ1v) is 13.7. The van der Waals surface area contributed by atoms with Crippen LogP contribution in [-0.2, 0) is 4.79 Å². The molecule has 0 unspecified atom stereocenters. The van der Waals surface area contributed by atoms with Crippen molar-refractivity contribution < 1.29 is 4.79 Å². The molecule has 1 aliphatic heterocycles. The largest absolute Gasteiger partial charge is 0.318 e. The molecule has 6 nitrogen and oxygen atoms in total. The second-order valence-electron chi connectivity index (χ2n) is 10.1. The van der Waals surface area contributed by atoms with E-state index in [-0.39, 0.29) is 11.9 Å². The van der Waals surface area contributed by atoms with Crippen molar-refractivity contribution in [3.05, 3.63) is 125 Å². The fraction of sp³-hybridized carbons (Fsp3) is 0.273. The predicted molar refractivity (Wildman–Crippen MR) is 158 cm³/mol. The maximum atomic E-state index is 12.5. The van der Waals surface area contributed by atoms with Crippen LogP contribution < -0.4 is 5.43 Å². The van der Waals surface area contributed by atoms with E-state index < -0.39 is 0 Å². The Bertz CT molecular complexity index is 1330. The first-order chi connectivity index (χ1) is 19.1. The SMILES string of the molecule is Cc1cc(/C=N/NC(=O)CCN2CCN(C(c3ccccc3)c3ccccc3)CC2)c(C)n1-c1ccccc1. The number of piperazine rings is 1. The minimum atomic E-state index is -0.0583. The van der Waals surface area contributed by atoms with Crippen molar-refractivity contribution in [2.24, 2.45) is 5.10 Å². The average molecular weight is 520 g/mol. The number of aromatic nitrogens is 1. The van der Waals surface area contributed by atoms with Gasteiger partial charge in [-0.15, -0.1) is 0 Å². The molecule has 0 bridgehead atoms. The van der Waals surface area contributed by atoms with E-state index in [2.05, 4.69) is 118 Å². The van der Waals surface area contributed by atoms with Gasteiger partial charge in [0.15, 0.2) is 0 Å². The van der Waals surface area contributed by atoms with Gasteiger partial charge in [0, 0.05) is 61.8 Å². The zero-order valence-electron chi connectivity index (χ0n) is 22.8. The fourth-order valence-corrected chi connectivity index (χ4v) is 5.51. The van der Waals surface area contributed by atoms with Crippen LogP contribution in [-0.4, -0.2) is 59.2 Å². The molecule has 0 atom stereocenters. The minimum absolute atomic E-state index is 0.0583. The number of para-hydroxylation sites is 1. The first-order valence-electron chi connectivity index (χ1n) is 13.7. The van der Waals surface area contributed by atoms with E-state index in [4.69, 9.17) is 0 Å². The second kappa shape index (κ2) is 12.7. The van der Waals surface area contributed by atoms with Crippen molar-refractivity contribution in [2.45, 2.75) is 26.3 Å². The number of amides is 1. The maximum absolute atomic E-state index is 12.5. The summed E-state index contributed by atoms with van der Waals surface area (Å²) in [5, 5.41) is 4.25. The lowest BCUT2D eigenvalue weighted by Crippen LogP contribution is -2.48. The van der Waals surface area contributed by atoms with E-state index in [0.717, 1.165) is 55.4 Å². The van der Waals surface area contributed by atoms with Crippen LogP contribution in [0, 0.1) is 13.8 Å². The standard InChI is InChI=1S/C33H37N5O/c1-26-24-30(27(2)38(26)31-16-10-5-11-17-31)25-34-35-32(39)18-19-36-20-22-37(23-21-36)33(28-12-6-3-7-13-28)29-14-8-4-9-15-29/h3-17,24-25,33H,18-23H2,1-2H3,(H,35,39)/b34-25+. The highest BCUT2D eigenvalue weighted by atomic mass is 16.2. The zero-order chi connectivity index (χ0) is 27.0. The first kappa shape index (κ1) is 26.6. The molecular formula is C33H37N5O. The Kier molecular flexibility index (Phi) is 8.66. The Labute approximate surface area is 231 Å². The summed E-state index contributed by atoms with van der Waals surface area (Å²) in [6.07, 6.45) is 2.17. The highest BCUT2D eigenvalue weighted by Gasteiger charge is 2.26. The molecule has 1 aliphatic rings. The molecule has 2 heterocycles. The molecular weight excluding hydrogens is 482 g/mol. The molecule has 3 aromatic carbocycles. The summed E-state index contributed by atoms with van der Waals surface area (Å²) in [6.45, 7) is 8.70. The van der Waals surface area contributed by atoms with Crippen LogP contribution in [0.1, 0.15) is 40.5 Å². The van der Waals surface area contributed by atoms with Gasteiger partial charge in [-0.1, -0.05) is 78.9 Å². The highest BCUT2D eigenvalue weighted by Crippen LogP contribution is 2.29. The Morgan fingerprint density at radius 1 is 0.846 bits per heavy atom. The quantitative estimate of drug-likeness (QED) is 0.240. The summed E-state index contributed by atoms with van der Waals surface area (Å²) in [7, 11) is 0. The van der Waals surface area contributed by atoms with Crippen molar-refractivity contribution in [1.29, 1.82) is 0 Å². The molecule has 1 N–H and O–H groups in total. The van der Waals surface area contributed by atoms with E-state index in [9.17, 15) is 4.79 Å². The lowest BCUT2D eigenvalue weighted by Gasteiger charge is -2.39. The van der Waals surface area contributed by atoms with Gasteiger partial charge in [-0.3, -0.25) is 9.69 Å². The molecule has 0 aliphatic carbocycles. The van der Waals surface area contributed by atoms with Gasteiger partial charge < -0.3 is 9.47 Å². The van der Waals surface area contributed by atoms with Crippen molar-refractivity contribution in [2.75, 3.05) is 32.7 Å². The number of carbonyl (C=O) groups is 1. The third-order valence-electron chi connectivity index (χ3n) is 7.54. The molecule has 5 rings (SSSR count). The molecule has 0 saturated carbocycles. The van der Waals surface area contributed by atoms with Crippen molar-refractivity contribution in [3.8, 4) is 5.69 Å². The lowest BCUT2D eigenvalue weighted by atomic mass is 9.96. The number of nitrogens with one attached hydrogen (secondary N) is 1. The topological polar surface area (TPSA) is 52.9 Å². The molecule has 1 aromatic heterocycles. The van der Waals surface area contributed by atoms with Crippen LogP contribution in [0.5, 0.6) is 0 Å². The van der Waals surface area contributed by atoms with Gasteiger partial charge in [0.25, 0.3) is 0 Å². The summed E-state index contributed by atoms with van der Waals surface area (Å²) in [6, 6.07) is 34.1. The number of hydrogen-bond donors (Lipinski definition) is 1. The number of benzene rings is 3. The van der Waals surface area contributed by atoms with Gasteiger partial charge in [-0.25, -0.2) is 5.43 Å². The molecule has 39 heavy (non-hydrogen) atoms. The number of nitrogens with zero attached hydrogens (tertiary/aromatic N) is 4. The monoisotopic (exact) mass is 519 g/mol. The van der Waals surface area contributed by atoms with Gasteiger partial charge in [-0.05, 0) is 43.2 Å². The van der Waals surface area contributed by atoms with Crippen LogP contribution in [0.3, 0.4) is 0 Å². The molecule has 200 valence electrons. The van der Waals surface area contributed by atoms with Crippen molar-refractivity contribution in [3.63, 3.8) is 0 Å². The molecule has 6 heteroatoms. The van der Waals surface area contributed by atoms with E-state index in [1.807, 2.05) is 18.2 Å². The summed E-state index contributed by atoms with van der Waals surface area (Å²) >= 11 is 0. The van der Waals surface area contributed by atoms with E-state index in [1.54, 1.807) is 6.21 Å². The van der Waals surface area contributed by atoms with Crippen molar-refractivity contribution >= 4 is 12.1 Å². The third kappa shape index (κ3) is 6.53. The number of rotatable bonds is 9. The van der Waals surface area contributed by atoms with Gasteiger partial charge in [-0.2, -0.15) is 5.10 Å². The van der Waals surface area contributed by atoms with Crippen LogP contribution in [0.4, 0.5) is 0 Å². The second-order valence-corrected chi connectivity index (χ2v) is 10.1. The van der Waals surface area contributed by atoms with E-state index in [0.29, 0.717) is 6.42 Å². The van der Waals surface area contributed by atoms with Gasteiger partial charge in [0.2, 0.25) is 5.91 Å². The van der Waals surface area contributed by atoms with Gasteiger partial charge >= 0.3 is 0 Å². The van der Waals surface area contributed by atoms with Gasteiger partial charge in [0.05, 0.1) is 12.3 Å². The number of aryl methyl sites for hydroxylation is 1. The van der Waals surface area contributed by atoms with E-state index >= 15 is 0 Å². The van der Waals surface area contributed by atoms with Crippen LogP contribution >= 0.6 is 0 Å². The Morgan fingerprint density at radius 2 is 1.41 bits per heavy atom. The summed E-state index contributed by atoms with van der Waals surface area (Å²) < 4.78 is 2.20. The molecule has 0 radical (unpaired) electrons. The molecule has 1 amide bonds. The van der Waals surface area contributed by atoms with Crippen LogP contribution in [0.15, 0.2) is 102 Å². The summed E-state index contributed by atoms with van der Waals surface area (Å²) in [5.41, 5.74) is 9.71. The third-order valence-corrected chi connectivity index (χ3v) is 7.54. The smallest absolute Gasteiger partial charge is 0.241 e. The van der Waals surface area contributed by atoms with Crippen LogP contribution in [0.25, 0.3) is 5.69 Å². The van der Waals surface area contributed by atoms with Gasteiger partial charge in [0.1, 0.15) is 0 Å². The molecule has 0 spiro atoms. The Hall–Kier alpha value is -4.00. The number of hydrogen-bond acceptors (Lipinski definition) is 4. The maximum Gasteiger partial charge on any atom is 0.241 e. The minimum Gasteiger partial charge on any atom is -0.318 e. The number of carbonyl (C=O) groups excluding carboxylic acids is 1. The van der Waals surface area contributed by atoms with Crippen molar-refractivity contribution in [1.82, 2.24) is 19.8 Å². The normalized spacial score (nSPS) is 14.7. The molecule has 4 aromatic rings. The Balaban J connectivity index is 1.12. The lowest BCUT2D eigenvalue weighted by molar-refractivity contribution is -0.121. The fourth-order valence-electron chi connectivity index (χ4n) is 5.51. The molecule has 1 fully saturated rings. The zero-order valence-corrected chi connectivity index (χ0v) is 22.8. The van der Waals surface area contributed by atoms with E-state index in [1.165, 1.54) is 11.1 Å². The summed E-state index contributed by atoms with van der Waals surface area (Å²) in [5.74, 6) is -0.0583. The Morgan fingerprint density at radius 3 is 2.00 bits per heavy atom.